The van der Waals surface area contributed by atoms with E-state index >= 15 is 0 Å². The molecule has 0 saturated heterocycles. The van der Waals surface area contributed by atoms with Crippen molar-refractivity contribution < 1.29 is 9.47 Å². The Hall–Kier alpha value is -13.7. The van der Waals surface area contributed by atoms with Gasteiger partial charge in [-0.1, -0.05) is 334 Å². The van der Waals surface area contributed by atoms with Crippen molar-refractivity contribution in [2.75, 3.05) is 0 Å². The first-order chi connectivity index (χ1) is 52.5. The largest absolute Gasteiger partial charge is 0.456 e. The lowest BCUT2D eigenvalue weighted by molar-refractivity contribution is 0.433. The minimum Gasteiger partial charge on any atom is -0.456 e. The molecule has 2 aliphatic heterocycles. The van der Waals surface area contributed by atoms with Gasteiger partial charge in [0.05, 0.1) is 33.6 Å². The highest BCUT2D eigenvalue weighted by Gasteiger charge is 2.54. The number of allylic oxidation sites excluding steroid dienone is 4. The molecule has 0 amide bonds. The van der Waals surface area contributed by atoms with E-state index in [0.29, 0.717) is 11.6 Å². The van der Waals surface area contributed by atoms with Crippen molar-refractivity contribution in [2.45, 2.75) is 23.7 Å². The first-order valence-corrected chi connectivity index (χ1v) is 36.5. The predicted molar refractivity (Wildman–Crippen MR) is 427 cm³/mol. The molecule has 6 nitrogen and oxygen atoms in total. The maximum Gasteiger partial charge on any atom is 0.160 e. The van der Waals surface area contributed by atoms with Crippen LogP contribution in [0.4, 0.5) is 0 Å². The molecule has 0 bridgehead atoms. The van der Waals surface area contributed by atoms with Crippen molar-refractivity contribution in [3.63, 3.8) is 0 Å². The van der Waals surface area contributed by atoms with Crippen LogP contribution in [0.1, 0.15) is 57.3 Å². The van der Waals surface area contributed by atoms with Crippen LogP contribution in [-0.2, 0) is 10.8 Å². The highest BCUT2D eigenvalue weighted by Crippen LogP contribution is 2.66. The molecule has 496 valence electrons. The Labute approximate surface area is 615 Å². The van der Waals surface area contributed by atoms with Gasteiger partial charge in [-0.25, -0.2) is 19.9 Å². The molecule has 3 aliphatic carbocycles. The number of nitrogens with zero attached hydrogens (tertiary/aromatic N) is 4. The Morgan fingerprint density at radius 3 is 1.20 bits per heavy atom. The quantitative estimate of drug-likeness (QED) is 0.136. The topological polar surface area (TPSA) is 70.0 Å². The van der Waals surface area contributed by atoms with Gasteiger partial charge in [0, 0.05) is 66.8 Å². The normalized spacial score (nSPS) is 14.9. The molecule has 4 heterocycles. The zero-order valence-electron chi connectivity index (χ0n) is 57.7. The number of hydrogen-bond acceptors (Lipinski definition) is 6. The molecular weight excluding hydrogens is 1290 g/mol. The summed E-state index contributed by atoms with van der Waals surface area (Å²) >= 11 is 0. The molecule has 16 aromatic rings. The number of benzene rings is 14. The lowest BCUT2D eigenvalue weighted by Crippen LogP contribution is -2.33. The highest BCUT2D eigenvalue weighted by molar-refractivity contribution is 6.00. The van der Waals surface area contributed by atoms with E-state index in [1.807, 2.05) is 6.07 Å². The van der Waals surface area contributed by atoms with Crippen molar-refractivity contribution >= 4 is 5.57 Å². The van der Waals surface area contributed by atoms with Gasteiger partial charge in [0.2, 0.25) is 0 Å². The fourth-order valence-corrected chi connectivity index (χ4v) is 17.8. The fraction of sp³-hybridized carbons (Fsp3) is 0.0400. The van der Waals surface area contributed by atoms with E-state index in [1.54, 1.807) is 0 Å². The van der Waals surface area contributed by atoms with Crippen LogP contribution in [0, 0.1) is 0 Å². The average Bonchev–Trinajstić information content (AvgIpc) is 1.49. The summed E-state index contributed by atoms with van der Waals surface area (Å²) in [7, 11) is 0. The van der Waals surface area contributed by atoms with E-state index in [9.17, 15) is 0 Å². The van der Waals surface area contributed by atoms with Gasteiger partial charge in [0.25, 0.3) is 0 Å². The van der Waals surface area contributed by atoms with Crippen LogP contribution in [0.3, 0.4) is 0 Å². The third-order valence-corrected chi connectivity index (χ3v) is 22.4. The second kappa shape index (κ2) is 24.5. The maximum absolute atomic E-state index is 7.31. The molecule has 2 aromatic heterocycles. The van der Waals surface area contributed by atoms with Crippen molar-refractivity contribution in [2.24, 2.45) is 0 Å². The SMILES string of the molecule is C1=CC2=C(CC1)C1(c3ccccc3Oc3c(-c4ccc(-c5nc(-c6ccccc6)cc(-c6ccccc6-c6ccccc6)n5)cc4)cccc31)c1cccc(-c3cccc(-c4cc(-c5ccccc5)nc(-c5ccc(-c6cccc7c6Oc6ccccc6C76c7ccccc7-c7ccccc76)cc5)n4)c3)c12. The van der Waals surface area contributed by atoms with Crippen LogP contribution < -0.4 is 9.47 Å². The van der Waals surface area contributed by atoms with Crippen LogP contribution in [0.25, 0.3) is 129 Å². The third kappa shape index (κ3) is 9.44. The van der Waals surface area contributed by atoms with Gasteiger partial charge in [0.15, 0.2) is 11.6 Å². The van der Waals surface area contributed by atoms with Gasteiger partial charge < -0.3 is 9.47 Å². The summed E-state index contributed by atoms with van der Waals surface area (Å²) in [6.07, 6.45) is 6.56. The average molecular weight is 1350 g/mol. The summed E-state index contributed by atoms with van der Waals surface area (Å²) in [6.45, 7) is 0. The van der Waals surface area contributed by atoms with E-state index in [2.05, 4.69) is 358 Å². The summed E-state index contributed by atoms with van der Waals surface area (Å²) < 4.78 is 14.4. The number of ether oxygens (including phenoxy) is 2. The molecule has 1 atom stereocenters. The van der Waals surface area contributed by atoms with Crippen molar-refractivity contribution in [1.29, 1.82) is 0 Å². The Bertz CT molecular complexity index is 6270. The van der Waals surface area contributed by atoms with E-state index in [-0.39, 0.29) is 0 Å². The molecule has 14 aromatic carbocycles. The second-order valence-corrected chi connectivity index (χ2v) is 28.0. The van der Waals surface area contributed by atoms with Gasteiger partial charge in [-0.05, 0) is 121 Å². The van der Waals surface area contributed by atoms with Gasteiger partial charge in [-0.2, -0.15) is 0 Å². The standard InChI is InChI=1S/C100H64N4O2/c1-4-26-63(27-5-1)72-34-10-11-37-78(72)91-62-89(67-30-8-3-9-31-67)102-98(104-91)69-58-54-65(55-59-69)75-41-25-49-87-96(75)106-93-51-21-19-46-84(93)100(87)82-44-17-14-38-79(82)94-73(39-23-47-85(94)100)70-32-22-33-71(60-70)90-61-88(66-28-6-2-7-29-66)101-97(103-90)68-56-52-64(53-57-68)74-40-24-48-86-95(74)105-92-50-20-18-45-83(92)99(86)80-42-15-12-35-76(80)77-36-13-16-43-81(77)99/h1-16,18-43,45-62H,17,44H2. The molecular formula is C100H64N4O2. The second-order valence-electron chi connectivity index (χ2n) is 28.0. The molecule has 0 saturated carbocycles. The van der Waals surface area contributed by atoms with Gasteiger partial charge in [0.1, 0.15) is 23.0 Å². The Morgan fingerprint density at radius 2 is 0.623 bits per heavy atom. The molecule has 0 N–H and O–H groups in total. The number of para-hydroxylation sites is 4. The molecule has 0 radical (unpaired) electrons. The van der Waals surface area contributed by atoms with Crippen molar-refractivity contribution in [3.05, 3.63) is 414 Å². The molecule has 1 unspecified atom stereocenters. The summed E-state index contributed by atoms with van der Waals surface area (Å²) in [5, 5.41) is 0. The van der Waals surface area contributed by atoms with Crippen LogP contribution in [0.2, 0.25) is 0 Å². The Morgan fingerprint density at radius 1 is 0.245 bits per heavy atom. The molecule has 2 spiro atoms. The number of fused-ring (bicyclic) bond motifs is 17. The highest BCUT2D eigenvalue weighted by atomic mass is 16.5. The molecule has 0 fully saturated rings. The van der Waals surface area contributed by atoms with Crippen LogP contribution in [-0.4, -0.2) is 19.9 Å². The summed E-state index contributed by atoms with van der Waals surface area (Å²) in [6, 6.07) is 126. The zero-order valence-corrected chi connectivity index (χ0v) is 57.7. The van der Waals surface area contributed by atoms with E-state index < -0.39 is 10.8 Å². The van der Waals surface area contributed by atoms with Crippen LogP contribution in [0.15, 0.2) is 370 Å². The van der Waals surface area contributed by atoms with Crippen LogP contribution in [0.5, 0.6) is 23.0 Å². The summed E-state index contributed by atoms with van der Waals surface area (Å²) in [5.41, 5.74) is 31.4. The molecule has 6 heteroatoms. The molecule has 5 aliphatic rings. The number of hydrogen-bond donors (Lipinski definition) is 0. The zero-order chi connectivity index (χ0) is 69.9. The Balaban J connectivity index is 0.651. The smallest absolute Gasteiger partial charge is 0.160 e. The first-order valence-electron chi connectivity index (χ1n) is 36.5. The molecule has 106 heavy (non-hydrogen) atoms. The third-order valence-electron chi connectivity index (χ3n) is 22.4. The van der Waals surface area contributed by atoms with E-state index in [4.69, 9.17) is 29.4 Å². The van der Waals surface area contributed by atoms with E-state index in [0.717, 1.165) is 159 Å². The van der Waals surface area contributed by atoms with Crippen molar-refractivity contribution in [3.8, 4) is 146 Å². The van der Waals surface area contributed by atoms with Gasteiger partial charge in [-0.3, -0.25) is 0 Å². The summed E-state index contributed by atoms with van der Waals surface area (Å²) in [4.78, 5) is 21.5. The maximum atomic E-state index is 7.31. The minimum absolute atomic E-state index is 0.562. The van der Waals surface area contributed by atoms with Gasteiger partial charge >= 0.3 is 0 Å². The lowest BCUT2D eigenvalue weighted by Gasteiger charge is -2.41. The predicted octanol–water partition coefficient (Wildman–Crippen LogP) is 25.0. The Kier molecular flexibility index (Phi) is 14.1. The summed E-state index contributed by atoms with van der Waals surface area (Å²) in [5.74, 6) is 4.73. The molecule has 21 rings (SSSR count). The first kappa shape index (κ1) is 61.0. The lowest BCUT2D eigenvalue weighted by atomic mass is 9.63. The number of rotatable bonds is 10. The van der Waals surface area contributed by atoms with Gasteiger partial charge in [-0.15, -0.1) is 0 Å². The van der Waals surface area contributed by atoms with E-state index in [1.165, 1.54) is 44.5 Å². The minimum atomic E-state index is -0.655. The number of aromatic nitrogens is 4. The van der Waals surface area contributed by atoms with Crippen LogP contribution >= 0.6 is 0 Å². The fourth-order valence-electron chi connectivity index (χ4n) is 17.8. The van der Waals surface area contributed by atoms with Crippen molar-refractivity contribution in [1.82, 2.24) is 19.9 Å². The monoisotopic (exact) mass is 1350 g/mol.